The predicted octanol–water partition coefficient (Wildman–Crippen LogP) is 3.93. The number of benzene rings is 2. The molecule has 0 unspecified atom stereocenters. The van der Waals surface area contributed by atoms with Crippen molar-refractivity contribution in [2.24, 2.45) is 0 Å². The van der Waals surface area contributed by atoms with Crippen molar-refractivity contribution in [3.05, 3.63) is 94.7 Å². The molecule has 214 valence electrons. The van der Waals surface area contributed by atoms with Crippen molar-refractivity contribution in [2.45, 2.75) is 50.3 Å². The monoisotopic (exact) mass is 577 g/mol. The summed E-state index contributed by atoms with van der Waals surface area (Å²) in [6, 6.07) is 17.6. The highest BCUT2D eigenvalue weighted by Crippen LogP contribution is 2.42. The number of allylic oxidation sites excluding steroid dienone is 1. The molecular weight excluding hydrogens is 546 g/mol. The number of esters is 1. The molecule has 3 aliphatic heterocycles. The number of nitrogens with zero attached hydrogens (tertiary/aromatic N) is 2. The zero-order valence-corrected chi connectivity index (χ0v) is 23.7. The maximum atomic E-state index is 14.0. The molecule has 0 spiro atoms. The summed E-state index contributed by atoms with van der Waals surface area (Å²) in [5, 5.41) is 12.5. The van der Waals surface area contributed by atoms with E-state index in [1.165, 1.54) is 16.7 Å². The number of carbonyl (C=O) groups is 4. The van der Waals surface area contributed by atoms with Crippen LogP contribution in [0.15, 0.2) is 83.6 Å². The molecule has 10 nitrogen and oxygen atoms in total. The Morgan fingerprint density at radius 1 is 1.05 bits per heavy atom. The first-order valence-corrected chi connectivity index (χ1v) is 14.3. The first-order valence-electron chi connectivity index (χ1n) is 13.2. The average Bonchev–Trinajstić information content (AvgIpc) is 3.26. The summed E-state index contributed by atoms with van der Waals surface area (Å²) in [4.78, 5) is 53.5. The van der Waals surface area contributed by atoms with Crippen LogP contribution in [0.1, 0.15) is 44.4 Å². The van der Waals surface area contributed by atoms with Crippen molar-refractivity contribution >= 4 is 35.6 Å². The fraction of sp³-hybridized carbons (Fsp3) is 0.333. The fourth-order valence-corrected chi connectivity index (χ4v) is 6.18. The van der Waals surface area contributed by atoms with Gasteiger partial charge in [-0.25, -0.2) is 14.7 Å². The second kappa shape index (κ2) is 11.4. The van der Waals surface area contributed by atoms with E-state index in [4.69, 9.17) is 9.47 Å². The number of amides is 3. The summed E-state index contributed by atoms with van der Waals surface area (Å²) in [5.74, 6) is -1.51. The van der Waals surface area contributed by atoms with Crippen LogP contribution in [0.4, 0.5) is 4.79 Å². The van der Waals surface area contributed by atoms with Gasteiger partial charge in [-0.1, -0.05) is 60.7 Å². The summed E-state index contributed by atoms with van der Waals surface area (Å²) in [7, 11) is 0. The maximum absolute atomic E-state index is 14.0. The highest BCUT2D eigenvalue weighted by Gasteiger charge is 2.55. The van der Waals surface area contributed by atoms with Gasteiger partial charge in [0.25, 0.3) is 11.8 Å². The predicted molar refractivity (Wildman–Crippen MR) is 150 cm³/mol. The SMILES string of the molecule is CC(C)(C)OC(=O)N[C@@H]1C(=O)N2C(C(=O)OC(c3ccccc3)c3ccccc3)=C(/C=C3\CCN(O)C3=O)CS[C@H]12. The number of hydroxylamine groups is 2. The number of hydrogen-bond donors (Lipinski definition) is 2. The summed E-state index contributed by atoms with van der Waals surface area (Å²) < 4.78 is 11.4. The highest BCUT2D eigenvalue weighted by atomic mass is 32.2. The van der Waals surface area contributed by atoms with Crippen LogP contribution in [0.2, 0.25) is 0 Å². The molecule has 0 bridgehead atoms. The molecule has 2 saturated heterocycles. The lowest BCUT2D eigenvalue weighted by molar-refractivity contribution is -0.154. The third-order valence-corrected chi connectivity index (χ3v) is 8.05. The molecule has 2 aromatic rings. The number of alkyl carbamates (subject to hydrolysis) is 1. The Labute approximate surface area is 241 Å². The molecule has 2 aromatic carbocycles. The van der Waals surface area contributed by atoms with Gasteiger partial charge >= 0.3 is 12.1 Å². The molecule has 3 amide bonds. The van der Waals surface area contributed by atoms with Crippen LogP contribution < -0.4 is 5.32 Å². The van der Waals surface area contributed by atoms with Crippen LogP contribution in [-0.4, -0.2) is 68.4 Å². The van der Waals surface area contributed by atoms with Gasteiger partial charge in [-0.3, -0.25) is 19.7 Å². The normalized spacial score (nSPS) is 21.6. The van der Waals surface area contributed by atoms with Crippen LogP contribution in [0, 0.1) is 0 Å². The molecule has 5 rings (SSSR count). The third-order valence-electron chi connectivity index (χ3n) is 6.74. The van der Waals surface area contributed by atoms with E-state index in [0.29, 0.717) is 22.6 Å². The minimum absolute atomic E-state index is 0.00883. The Morgan fingerprint density at radius 2 is 1.66 bits per heavy atom. The Morgan fingerprint density at radius 3 is 2.20 bits per heavy atom. The molecule has 0 radical (unpaired) electrons. The quantitative estimate of drug-likeness (QED) is 0.229. The largest absolute Gasteiger partial charge is 0.448 e. The zero-order valence-electron chi connectivity index (χ0n) is 22.9. The molecular formula is C30H31N3O7S. The Hall–Kier alpha value is -4.09. The summed E-state index contributed by atoms with van der Waals surface area (Å²) in [5.41, 5.74) is 1.51. The molecule has 41 heavy (non-hydrogen) atoms. The molecule has 0 saturated carbocycles. The minimum Gasteiger partial charge on any atom is -0.448 e. The number of β-lactam (4-membered cyclic amide) rings is 1. The summed E-state index contributed by atoms with van der Waals surface area (Å²) in [6.45, 7) is 5.31. The maximum Gasteiger partial charge on any atom is 0.408 e. The van der Waals surface area contributed by atoms with Crippen LogP contribution in [0.5, 0.6) is 0 Å². The number of carbonyl (C=O) groups excluding carboxylic acids is 4. The van der Waals surface area contributed by atoms with Crippen LogP contribution in [0.3, 0.4) is 0 Å². The second-order valence-electron chi connectivity index (χ2n) is 10.9. The van der Waals surface area contributed by atoms with Gasteiger partial charge in [-0.15, -0.1) is 11.8 Å². The zero-order chi connectivity index (χ0) is 29.3. The van der Waals surface area contributed by atoms with Crippen molar-refractivity contribution < 1.29 is 33.9 Å². The van der Waals surface area contributed by atoms with E-state index in [9.17, 15) is 24.4 Å². The summed E-state index contributed by atoms with van der Waals surface area (Å²) in [6.07, 6.45) is 0.362. The molecule has 2 N–H and O–H groups in total. The lowest BCUT2D eigenvalue weighted by Gasteiger charge is -2.49. The second-order valence-corrected chi connectivity index (χ2v) is 12.0. The van der Waals surface area contributed by atoms with Crippen LogP contribution in [-0.2, 0) is 23.9 Å². The lowest BCUT2D eigenvalue weighted by Crippen LogP contribution is -2.70. The number of thioether (sulfide) groups is 1. The molecule has 3 aliphatic rings. The highest BCUT2D eigenvalue weighted by molar-refractivity contribution is 8.00. The van der Waals surface area contributed by atoms with Gasteiger partial charge in [0.2, 0.25) is 0 Å². The Kier molecular flexibility index (Phi) is 7.92. The Bertz CT molecular complexity index is 1380. The molecule has 2 atom stereocenters. The summed E-state index contributed by atoms with van der Waals surface area (Å²) >= 11 is 1.35. The van der Waals surface area contributed by atoms with Gasteiger partial charge < -0.3 is 14.8 Å². The first-order chi connectivity index (χ1) is 19.5. The van der Waals surface area contributed by atoms with Gasteiger partial charge in [0.05, 0.1) is 6.54 Å². The molecule has 0 aromatic heterocycles. The van der Waals surface area contributed by atoms with Gasteiger partial charge in [0, 0.05) is 11.3 Å². The minimum atomic E-state index is -0.896. The topological polar surface area (TPSA) is 125 Å². The third kappa shape index (κ3) is 6.01. The number of ether oxygens (including phenoxy) is 2. The van der Waals surface area contributed by atoms with E-state index < -0.39 is 47.0 Å². The molecule has 2 fully saturated rings. The van der Waals surface area contributed by atoms with E-state index >= 15 is 0 Å². The first kappa shape index (κ1) is 28.4. The standard InChI is InChI=1S/C30H31N3O7S/c1-30(2,3)40-29(37)31-22-26(35)33-23(21(17-41-27(22)33)16-20-14-15-32(38)25(20)34)28(36)39-24(18-10-6-4-7-11-18)19-12-8-5-9-13-19/h4-13,16,22,24,27,38H,14-15,17H2,1-3H3,(H,31,37)/b20-16+/t22-,27-/m1/s1. The average molecular weight is 578 g/mol. The number of fused-ring (bicyclic) bond motifs is 1. The van der Waals surface area contributed by atoms with Crippen molar-refractivity contribution in [3.8, 4) is 0 Å². The van der Waals surface area contributed by atoms with Gasteiger partial charge in [0.15, 0.2) is 6.10 Å². The van der Waals surface area contributed by atoms with Crippen molar-refractivity contribution in [3.63, 3.8) is 0 Å². The van der Waals surface area contributed by atoms with E-state index in [1.807, 2.05) is 60.7 Å². The van der Waals surface area contributed by atoms with Gasteiger partial charge in [-0.2, -0.15) is 0 Å². The van der Waals surface area contributed by atoms with Crippen LogP contribution >= 0.6 is 11.8 Å². The van der Waals surface area contributed by atoms with Crippen molar-refractivity contribution in [2.75, 3.05) is 12.3 Å². The van der Waals surface area contributed by atoms with Crippen molar-refractivity contribution in [1.29, 1.82) is 0 Å². The van der Waals surface area contributed by atoms with Crippen molar-refractivity contribution in [1.82, 2.24) is 15.3 Å². The lowest BCUT2D eigenvalue weighted by atomic mass is 10.00. The van der Waals surface area contributed by atoms with Crippen LogP contribution in [0.25, 0.3) is 0 Å². The molecule has 0 aliphatic carbocycles. The molecule has 11 heteroatoms. The fourth-order valence-electron chi connectivity index (χ4n) is 4.87. The van der Waals surface area contributed by atoms with E-state index in [2.05, 4.69) is 5.32 Å². The van der Waals surface area contributed by atoms with E-state index in [-0.39, 0.29) is 18.0 Å². The van der Waals surface area contributed by atoms with Gasteiger partial charge in [0.1, 0.15) is 22.7 Å². The Balaban J connectivity index is 1.48. The van der Waals surface area contributed by atoms with E-state index in [0.717, 1.165) is 11.1 Å². The van der Waals surface area contributed by atoms with Gasteiger partial charge in [-0.05, 0) is 50.0 Å². The number of nitrogens with one attached hydrogen (secondary N) is 1. The number of hydrogen-bond acceptors (Lipinski definition) is 8. The smallest absolute Gasteiger partial charge is 0.408 e. The van der Waals surface area contributed by atoms with E-state index in [1.54, 1.807) is 26.8 Å². The number of rotatable bonds is 6. The molecule has 3 heterocycles.